The Morgan fingerprint density at radius 2 is 2.36 bits per heavy atom. The van der Waals surface area contributed by atoms with E-state index in [1.807, 2.05) is 13.0 Å². The molecule has 1 aliphatic heterocycles. The fraction of sp³-hybridized carbons (Fsp3) is 0.286. The van der Waals surface area contributed by atoms with Gasteiger partial charge in [-0.2, -0.15) is 10.1 Å². The van der Waals surface area contributed by atoms with Crippen LogP contribution in [0.1, 0.15) is 12.0 Å². The van der Waals surface area contributed by atoms with Gasteiger partial charge < -0.3 is 5.32 Å². The van der Waals surface area contributed by atoms with E-state index in [1.165, 1.54) is 6.33 Å². The lowest BCUT2D eigenvalue weighted by Gasteiger charge is -2.21. The highest BCUT2D eigenvalue weighted by Crippen LogP contribution is 2.22. The van der Waals surface area contributed by atoms with Crippen LogP contribution in [0, 0.1) is 12.8 Å². The van der Waals surface area contributed by atoms with Crippen LogP contribution < -0.4 is 10.6 Å². The monoisotopic (exact) mass is 319 g/mol. The minimum Gasteiger partial charge on any atom is -0.326 e. The van der Waals surface area contributed by atoms with Crippen LogP contribution in [0.2, 0.25) is 5.02 Å². The molecule has 8 heteroatoms. The SMILES string of the molecule is Cc1ccc(Cl)cc1NC(=O)CC1Cn2ncnc2NC1=O. The van der Waals surface area contributed by atoms with Crippen molar-refractivity contribution < 1.29 is 9.59 Å². The summed E-state index contributed by atoms with van der Waals surface area (Å²) >= 11 is 5.93. The Morgan fingerprint density at radius 3 is 3.18 bits per heavy atom. The van der Waals surface area contributed by atoms with E-state index in [0.717, 1.165) is 5.56 Å². The maximum atomic E-state index is 12.2. The van der Waals surface area contributed by atoms with Crippen molar-refractivity contribution in [2.75, 3.05) is 10.6 Å². The van der Waals surface area contributed by atoms with E-state index in [9.17, 15) is 9.59 Å². The number of fused-ring (bicyclic) bond motifs is 1. The Kier molecular flexibility index (Phi) is 3.81. The van der Waals surface area contributed by atoms with Crippen LogP contribution in [0.5, 0.6) is 0 Å². The van der Waals surface area contributed by atoms with Crippen molar-refractivity contribution in [3.8, 4) is 0 Å². The van der Waals surface area contributed by atoms with Gasteiger partial charge in [-0.3, -0.25) is 14.9 Å². The third-order valence-corrected chi connectivity index (χ3v) is 3.76. The molecule has 3 rings (SSSR count). The van der Waals surface area contributed by atoms with Gasteiger partial charge >= 0.3 is 0 Å². The van der Waals surface area contributed by atoms with Crippen molar-refractivity contribution in [2.24, 2.45) is 5.92 Å². The summed E-state index contributed by atoms with van der Waals surface area (Å²) in [4.78, 5) is 28.0. The molecular formula is C14H14ClN5O2. The molecule has 0 fully saturated rings. The smallest absolute Gasteiger partial charge is 0.232 e. The molecule has 1 aliphatic rings. The number of aromatic nitrogens is 3. The van der Waals surface area contributed by atoms with Crippen molar-refractivity contribution in [3.05, 3.63) is 35.1 Å². The lowest BCUT2D eigenvalue weighted by Crippen LogP contribution is -2.36. The average Bonchev–Trinajstić information content (AvgIpc) is 2.90. The summed E-state index contributed by atoms with van der Waals surface area (Å²) in [6, 6.07) is 5.27. The quantitative estimate of drug-likeness (QED) is 0.903. The van der Waals surface area contributed by atoms with Crippen molar-refractivity contribution in [1.82, 2.24) is 14.8 Å². The maximum Gasteiger partial charge on any atom is 0.232 e. The number of carbonyl (C=O) groups excluding carboxylic acids is 2. The third kappa shape index (κ3) is 2.94. The van der Waals surface area contributed by atoms with Crippen LogP contribution in [0.25, 0.3) is 0 Å². The fourth-order valence-electron chi connectivity index (χ4n) is 2.31. The van der Waals surface area contributed by atoms with Gasteiger partial charge in [-0.1, -0.05) is 17.7 Å². The predicted molar refractivity (Wildman–Crippen MR) is 81.6 cm³/mol. The second-order valence-corrected chi connectivity index (χ2v) is 5.60. The van der Waals surface area contributed by atoms with Crippen LogP contribution in [-0.2, 0) is 16.1 Å². The van der Waals surface area contributed by atoms with Crippen molar-refractivity contribution >= 4 is 35.1 Å². The molecule has 2 aromatic rings. The highest BCUT2D eigenvalue weighted by Gasteiger charge is 2.29. The molecule has 0 aliphatic carbocycles. The zero-order valence-electron chi connectivity index (χ0n) is 11.8. The van der Waals surface area contributed by atoms with Gasteiger partial charge in [0.05, 0.1) is 12.5 Å². The highest BCUT2D eigenvalue weighted by atomic mass is 35.5. The number of amides is 2. The van der Waals surface area contributed by atoms with Crippen LogP contribution in [0.3, 0.4) is 0 Å². The second kappa shape index (κ2) is 5.76. The number of aryl methyl sites for hydroxylation is 1. The van der Waals surface area contributed by atoms with Gasteiger partial charge in [-0.15, -0.1) is 0 Å². The summed E-state index contributed by atoms with van der Waals surface area (Å²) in [7, 11) is 0. The van der Waals surface area contributed by atoms with Crippen LogP contribution in [0.15, 0.2) is 24.5 Å². The molecule has 0 spiro atoms. The minimum atomic E-state index is -0.478. The molecule has 2 heterocycles. The van der Waals surface area contributed by atoms with Crippen LogP contribution in [0.4, 0.5) is 11.6 Å². The lowest BCUT2D eigenvalue weighted by molar-refractivity contribution is -0.125. The van der Waals surface area contributed by atoms with Gasteiger partial charge in [0.25, 0.3) is 0 Å². The minimum absolute atomic E-state index is 0.0666. The summed E-state index contributed by atoms with van der Waals surface area (Å²) in [5, 5.41) is 9.96. The molecule has 0 saturated carbocycles. The number of anilines is 2. The van der Waals surface area contributed by atoms with E-state index in [-0.39, 0.29) is 18.2 Å². The Morgan fingerprint density at radius 1 is 1.55 bits per heavy atom. The first kappa shape index (κ1) is 14.5. The predicted octanol–water partition coefficient (Wildman–Crippen LogP) is 1.84. The topological polar surface area (TPSA) is 88.9 Å². The van der Waals surface area contributed by atoms with Crippen LogP contribution in [-0.4, -0.2) is 26.6 Å². The lowest BCUT2D eigenvalue weighted by atomic mass is 10.0. The van der Waals surface area contributed by atoms with Crippen LogP contribution >= 0.6 is 11.6 Å². The molecule has 1 aromatic carbocycles. The molecule has 0 bridgehead atoms. The van der Waals surface area contributed by atoms with Gasteiger partial charge in [-0.25, -0.2) is 4.68 Å². The normalized spacial score (nSPS) is 16.8. The van der Waals surface area contributed by atoms with Crippen molar-refractivity contribution in [2.45, 2.75) is 19.9 Å². The third-order valence-electron chi connectivity index (χ3n) is 3.52. The zero-order chi connectivity index (χ0) is 15.7. The first-order chi connectivity index (χ1) is 10.5. The molecule has 7 nitrogen and oxygen atoms in total. The molecule has 2 amide bonds. The molecule has 0 radical (unpaired) electrons. The van der Waals surface area contributed by atoms with E-state index in [0.29, 0.717) is 23.2 Å². The summed E-state index contributed by atoms with van der Waals surface area (Å²) in [5.41, 5.74) is 1.56. The zero-order valence-corrected chi connectivity index (χ0v) is 12.6. The maximum absolute atomic E-state index is 12.2. The fourth-order valence-corrected chi connectivity index (χ4v) is 2.48. The van der Waals surface area contributed by atoms with Crippen molar-refractivity contribution in [1.29, 1.82) is 0 Å². The molecule has 1 atom stereocenters. The van der Waals surface area contributed by atoms with Gasteiger partial charge in [0.2, 0.25) is 17.8 Å². The number of halogens is 1. The van der Waals surface area contributed by atoms with E-state index in [4.69, 9.17) is 11.6 Å². The summed E-state index contributed by atoms with van der Waals surface area (Å²) in [6.07, 6.45) is 1.43. The molecule has 2 N–H and O–H groups in total. The molecule has 22 heavy (non-hydrogen) atoms. The van der Waals surface area contributed by atoms with Crippen molar-refractivity contribution in [3.63, 3.8) is 0 Å². The molecule has 0 saturated heterocycles. The second-order valence-electron chi connectivity index (χ2n) is 5.16. The summed E-state index contributed by atoms with van der Waals surface area (Å²) < 4.78 is 1.57. The highest BCUT2D eigenvalue weighted by molar-refractivity contribution is 6.31. The number of hydrogen-bond acceptors (Lipinski definition) is 4. The first-order valence-electron chi connectivity index (χ1n) is 6.77. The Labute approximate surface area is 131 Å². The summed E-state index contributed by atoms with van der Waals surface area (Å²) in [5.74, 6) is -0.534. The number of benzene rings is 1. The van der Waals surface area contributed by atoms with E-state index in [1.54, 1.807) is 16.8 Å². The van der Waals surface area contributed by atoms with Gasteiger partial charge in [0.15, 0.2) is 0 Å². The Hall–Kier alpha value is -2.41. The molecule has 1 aromatic heterocycles. The first-order valence-corrected chi connectivity index (χ1v) is 7.15. The molecular weight excluding hydrogens is 306 g/mol. The van der Waals surface area contributed by atoms with Gasteiger partial charge in [-0.05, 0) is 24.6 Å². The van der Waals surface area contributed by atoms with E-state index in [2.05, 4.69) is 20.7 Å². The van der Waals surface area contributed by atoms with E-state index < -0.39 is 5.92 Å². The molecule has 114 valence electrons. The standard InChI is InChI=1S/C14H14ClN5O2/c1-8-2-3-10(15)5-11(8)18-12(21)4-9-6-20-14(16-7-17-20)19-13(9)22/h2-3,5,7,9H,4,6H2,1H3,(H,18,21)(H,16,17,19,22). The number of nitrogens with one attached hydrogen (secondary N) is 2. The van der Waals surface area contributed by atoms with Gasteiger partial charge in [0.1, 0.15) is 6.33 Å². The largest absolute Gasteiger partial charge is 0.326 e. The average molecular weight is 320 g/mol. The number of rotatable bonds is 3. The number of carbonyl (C=O) groups is 2. The van der Waals surface area contributed by atoms with Gasteiger partial charge in [0, 0.05) is 17.1 Å². The number of hydrogen-bond donors (Lipinski definition) is 2. The Balaban J connectivity index is 1.67. The number of nitrogens with zero attached hydrogens (tertiary/aromatic N) is 3. The van der Waals surface area contributed by atoms with E-state index >= 15 is 0 Å². The molecule has 1 unspecified atom stereocenters. The Bertz CT molecular complexity index is 743. The summed E-state index contributed by atoms with van der Waals surface area (Å²) in [6.45, 7) is 2.21.